The Hall–Kier alpha value is -2.89. The van der Waals surface area contributed by atoms with Crippen LogP contribution >= 0.6 is 0 Å². The number of hydrogen-bond acceptors (Lipinski definition) is 3. The van der Waals surface area contributed by atoms with Gasteiger partial charge < -0.3 is 14.8 Å². The minimum absolute atomic E-state index is 0.00873. The van der Waals surface area contributed by atoms with Gasteiger partial charge in [0, 0.05) is 37.5 Å². The first-order valence-corrected chi connectivity index (χ1v) is 8.44. The number of hydrogen-bond donors (Lipinski definition) is 1. The van der Waals surface area contributed by atoms with Gasteiger partial charge in [0.2, 0.25) is 5.91 Å². The number of amides is 2. The van der Waals surface area contributed by atoms with Gasteiger partial charge in [-0.25, -0.2) is 0 Å². The maximum atomic E-state index is 12.3. The van der Waals surface area contributed by atoms with Gasteiger partial charge in [-0.05, 0) is 36.6 Å². The Morgan fingerprint density at radius 2 is 1.72 bits per heavy atom. The lowest BCUT2D eigenvalue weighted by Gasteiger charge is -2.15. The Kier molecular flexibility index (Phi) is 5.28. The summed E-state index contributed by atoms with van der Waals surface area (Å²) in [6, 6.07) is 12.1. The highest BCUT2D eigenvalue weighted by molar-refractivity contribution is 5.94. The van der Waals surface area contributed by atoms with E-state index in [1.54, 1.807) is 30.5 Å². The summed E-state index contributed by atoms with van der Waals surface area (Å²) in [6.07, 6.45) is 3.72. The SMILES string of the molecule is O=C(Cn1ccccc1=O)NCc1ccc(C(=O)N2CCCC2)cc1. The standard InChI is InChI=1S/C19H21N3O3/c23-17(14-22-12-2-1-5-18(22)24)20-13-15-6-8-16(9-7-15)19(25)21-10-3-4-11-21/h1-2,5-9,12H,3-4,10-11,13-14H2,(H,20,23). The molecule has 0 spiro atoms. The number of aromatic nitrogens is 1. The topological polar surface area (TPSA) is 71.4 Å². The van der Waals surface area contributed by atoms with Gasteiger partial charge in [0.05, 0.1) is 0 Å². The number of likely N-dealkylation sites (tertiary alicyclic amines) is 1. The van der Waals surface area contributed by atoms with Crippen molar-refractivity contribution in [3.8, 4) is 0 Å². The molecule has 1 aliphatic heterocycles. The second-order valence-corrected chi connectivity index (χ2v) is 6.14. The molecular weight excluding hydrogens is 318 g/mol. The highest BCUT2D eigenvalue weighted by Crippen LogP contribution is 2.13. The van der Waals surface area contributed by atoms with Crippen molar-refractivity contribution in [2.24, 2.45) is 0 Å². The molecule has 0 saturated carbocycles. The van der Waals surface area contributed by atoms with E-state index < -0.39 is 0 Å². The third kappa shape index (κ3) is 4.35. The molecule has 6 heteroatoms. The first-order chi connectivity index (χ1) is 12.1. The predicted octanol–water partition coefficient (Wildman–Crippen LogP) is 1.40. The van der Waals surface area contributed by atoms with Crippen LogP contribution in [0.25, 0.3) is 0 Å². The van der Waals surface area contributed by atoms with Crippen LogP contribution in [0.5, 0.6) is 0 Å². The normalized spacial score (nSPS) is 13.7. The monoisotopic (exact) mass is 339 g/mol. The van der Waals surface area contributed by atoms with Crippen molar-refractivity contribution < 1.29 is 9.59 Å². The largest absolute Gasteiger partial charge is 0.350 e. The van der Waals surface area contributed by atoms with Gasteiger partial charge in [-0.3, -0.25) is 14.4 Å². The molecule has 1 fully saturated rings. The summed E-state index contributed by atoms with van der Waals surface area (Å²) in [5, 5.41) is 2.78. The van der Waals surface area contributed by atoms with Crippen LogP contribution in [-0.4, -0.2) is 34.4 Å². The summed E-state index contributed by atoms with van der Waals surface area (Å²) in [5.74, 6) is -0.165. The molecule has 2 heterocycles. The number of nitrogens with one attached hydrogen (secondary N) is 1. The van der Waals surface area contributed by atoms with Gasteiger partial charge in [0.1, 0.15) is 6.54 Å². The lowest BCUT2D eigenvalue weighted by Crippen LogP contribution is -2.31. The second-order valence-electron chi connectivity index (χ2n) is 6.14. The summed E-state index contributed by atoms with van der Waals surface area (Å²) >= 11 is 0. The molecule has 0 atom stereocenters. The van der Waals surface area contributed by atoms with E-state index in [9.17, 15) is 14.4 Å². The van der Waals surface area contributed by atoms with Crippen molar-refractivity contribution in [2.75, 3.05) is 13.1 Å². The maximum Gasteiger partial charge on any atom is 0.253 e. The van der Waals surface area contributed by atoms with Crippen LogP contribution in [-0.2, 0) is 17.9 Å². The van der Waals surface area contributed by atoms with Crippen molar-refractivity contribution in [3.63, 3.8) is 0 Å². The molecule has 6 nitrogen and oxygen atoms in total. The molecule has 1 aromatic heterocycles. The zero-order chi connectivity index (χ0) is 17.6. The molecule has 25 heavy (non-hydrogen) atoms. The third-order valence-corrected chi connectivity index (χ3v) is 4.30. The highest BCUT2D eigenvalue weighted by atomic mass is 16.2. The molecule has 0 aliphatic carbocycles. The van der Waals surface area contributed by atoms with E-state index >= 15 is 0 Å². The van der Waals surface area contributed by atoms with Crippen LogP contribution in [0, 0.1) is 0 Å². The number of carbonyl (C=O) groups is 2. The lowest BCUT2D eigenvalue weighted by molar-refractivity contribution is -0.121. The zero-order valence-corrected chi connectivity index (χ0v) is 14.0. The van der Waals surface area contributed by atoms with E-state index in [1.807, 2.05) is 17.0 Å². The fourth-order valence-electron chi connectivity index (χ4n) is 2.87. The van der Waals surface area contributed by atoms with E-state index in [2.05, 4.69) is 5.32 Å². The molecule has 0 radical (unpaired) electrons. The number of carbonyl (C=O) groups excluding carboxylic acids is 2. The number of rotatable bonds is 5. The number of pyridine rings is 1. The second kappa shape index (κ2) is 7.79. The van der Waals surface area contributed by atoms with Crippen molar-refractivity contribution in [3.05, 3.63) is 70.1 Å². The van der Waals surface area contributed by atoms with Crippen molar-refractivity contribution in [2.45, 2.75) is 25.9 Å². The quantitative estimate of drug-likeness (QED) is 0.895. The van der Waals surface area contributed by atoms with Crippen LogP contribution < -0.4 is 10.9 Å². The first-order valence-electron chi connectivity index (χ1n) is 8.44. The zero-order valence-electron chi connectivity index (χ0n) is 14.0. The van der Waals surface area contributed by atoms with Crippen LogP contribution in [0.2, 0.25) is 0 Å². The minimum atomic E-state index is -0.231. The van der Waals surface area contributed by atoms with E-state index in [0.29, 0.717) is 12.1 Å². The van der Waals surface area contributed by atoms with Gasteiger partial charge in [-0.1, -0.05) is 18.2 Å². The Labute approximate surface area is 146 Å². The van der Waals surface area contributed by atoms with E-state index in [1.165, 1.54) is 10.6 Å². The van der Waals surface area contributed by atoms with Gasteiger partial charge in [0.15, 0.2) is 0 Å². The Morgan fingerprint density at radius 3 is 2.40 bits per heavy atom. The van der Waals surface area contributed by atoms with Crippen molar-refractivity contribution in [1.29, 1.82) is 0 Å². The van der Waals surface area contributed by atoms with Crippen molar-refractivity contribution >= 4 is 11.8 Å². The molecule has 3 rings (SSSR count). The van der Waals surface area contributed by atoms with E-state index in [-0.39, 0.29) is 23.9 Å². The summed E-state index contributed by atoms with van der Waals surface area (Å²) in [5.41, 5.74) is 1.38. The lowest BCUT2D eigenvalue weighted by atomic mass is 10.1. The van der Waals surface area contributed by atoms with Crippen LogP contribution in [0.1, 0.15) is 28.8 Å². The molecule has 1 saturated heterocycles. The Bertz CT molecular complexity index is 805. The number of nitrogens with zero attached hydrogens (tertiary/aromatic N) is 2. The van der Waals surface area contributed by atoms with Crippen LogP contribution in [0.4, 0.5) is 0 Å². The Balaban J connectivity index is 1.53. The fourth-order valence-corrected chi connectivity index (χ4v) is 2.87. The Morgan fingerprint density at radius 1 is 1.00 bits per heavy atom. The molecule has 130 valence electrons. The maximum absolute atomic E-state index is 12.3. The van der Waals surface area contributed by atoms with Crippen LogP contribution in [0.15, 0.2) is 53.5 Å². The molecule has 1 aromatic carbocycles. The van der Waals surface area contributed by atoms with Crippen LogP contribution in [0.3, 0.4) is 0 Å². The van der Waals surface area contributed by atoms with E-state index in [4.69, 9.17) is 0 Å². The predicted molar refractivity (Wildman–Crippen MR) is 94.1 cm³/mol. The average molecular weight is 339 g/mol. The summed E-state index contributed by atoms with van der Waals surface area (Å²) in [6.45, 7) is 2.01. The van der Waals surface area contributed by atoms with E-state index in [0.717, 1.165) is 31.5 Å². The molecule has 1 aliphatic rings. The smallest absolute Gasteiger partial charge is 0.253 e. The molecule has 0 unspecified atom stereocenters. The fraction of sp³-hybridized carbons (Fsp3) is 0.316. The van der Waals surface area contributed by atoms with Gasteiger partial charge >= 0.3 is 0 Å². The average Bonchev–Trinajstić information content (AvgIpc) is 3.16. The van der Waals surface area contributed by atoms with Gasteiger partial charge in [-0.2, -0.15) is 0 Å². The third-order valence-electron chi connectivity index (χ3n) is 4.30. The first kappa shape index (κ1) is 17.0. The summed E-state index contributed by atoms with van der Waals surface area (Å²) in [4.78, 5) is 37.7. The minimum Gasteiger partial charge on any atom is -0.350 e. The van der Waals surface area contributed by atoms with Gasteiger partial charge in [0.25, 0.3) is 11.5 Å². The molecule has 0 bridgehead atoms. The molecular formula is C19H21N3O3. The molecule has 1 N–H and O–H groups in total. The number of benzene rings is 1. The molecule has 2 amide bonds. The highest BCUT2D eigenvalue weighted by Gasteiger charge is 2.19. The van der Waals surface area contributed by atoms with Crippen molar-refractivity contribution in [1.82, 2.24) is 14.8 Å². The summed E-state index contributed by atoms with van der Waals surface area (Å²) < 4.78 is 1.35. The van der Waals surface area contributed by atoms with Gasteiger partial charge in [-0.15, -0.1) is 0 Å². The summed E-state index contributed by atoms with van der Waals surface area (Å²) in [7, 11) is 0. The molecule has 2 aromatic rings.